The quantitative estimate of drug-likeness (QED) is 0.0261. The molecule has 0 rings (SSSR count). The van der Waals surface area contributed by atoms with Crippen LogP contribution in [-0.2, 0) is 28.6 Å². The van der Waals surface area contributed by atoms with Gasteiger partial charge in [-0.2, -0.15) is 0 Å². The van der Waals surface area contributed by atoms with Gasteiger partial charge in [-0.1, -0.05) is 271 Å². The third-order valence-corrected chi connectivity index (χ3v) is 13.2. The number of rotatable bonds is 56. The van der Waals surface area contributed by atoms with Gasteiger partial charge in [0, 0.05) is 19.3 Å². The summed E-state index contributed by atoms with van der Waals surface area (Å²) in [5.74, 6) is -0.907. The van der Waals surface area contributed by atoms with Crippen molar-refractivity contribution in [1.29, 1.82) is 0 Å². The van der Waals surface area contributed by atoms with Crippen LogP contribution in [0.15, 0.2) is 122 Å². The smallest absolute Gasteiger partial charge is 0.306 e. The molecule has 0 aliphatic rings. The lowest BCUT2D eigenvalue weighted by molar-refractivity contribution is -0.167. The molecule has 0 saturated carbocycles. The van der Waals surface area contributed by atoms with Crippen LogP contribution in [0.1, 0.15) is 284 Å². The summed E-state index contributed by atoms with van der Waals surface area (Å²) in [7, 11) is 0. The first kappa shape index (κ1) is 71.8. The van der Waals surface area contributed by atoms with Crippen molar-refractivity contribution in [3.05, 3.63) is 122 Å². The normalized spacial score (nSPS) is 12.9. The van der Waals surface area contributed by atoms with E-state index in [2.05, 4.69) is 142 Å². The van der Waals surface area contributed by atoms with Crippen LogP contribution < -0.4 is 0 Å². The molecular weight excluding hydrogens is 937 g/mol. The largest absolute Gasteiger partial charge is 0.462 e. The fraction of sp³-hybridized carbons (Fsp3) is 0.671. The SMILES string of the molecule is CC/C=C\C/C=C\C/C=C\C/C=C\C/C=C\C/C=C\C/C=C\C/C=C\C/C=C\CCCCCCCCCC(=O)OCC(COC(=O)CCCCCCCC)OC(=O)CCCCCCCCC/C=C\CCCCCCCC. The molecule has 0 aromatic rings. The van der Waals surface area contributed by atoms with Crippen LogP contribution in [-0.4, -0.2) is 37.2 Å². The van der Waals surface area contributed by atoms with Gasteiger partial charge in [0.25, 0.3) is 0 Å². The maximum absolute atomic E-state index is 12.8. The van der Waals surface area contributed by atoms with Crippen LogP contribution in [0, 0.1) is 0 Å². The number of carbonyl (C=O) groups is 3. The van der Waals surface area contributed by atoms with E-state index in [-0.39, 0.29) is 31.1 Å². The summed E-state index contributed by atoms with van der Waals surface area (Å²) in [5, 5.41) is 0. The molecule has 0 radical (unpaired) electrons. The lowest BCUT2D eigenvalue weighted by atomic mass is 10.1. The third-order valence-electron chi connectivity index (χ3n) is 13.2. The molecule has 0 saturated heterocycles. The van der Waals surface area contributed by atoms with E-state index in [1.54, 1.807) is 0 Å². The minimum atomic E-state index is -0.783. The van der Waals surface area contributed by atoms with Crippen molar-refractivity contribution in [3.63, 3.8) is 0 Å². The Morgan fingerprint density at radius 2 is 0.513 bits per heavy atom. The highest BCUT2D eigenvalue weighted by Crippen LogP contribution is 2.15. The van der Waals surface area contributed by atoms with Gasteiger partial charge in [-0.25, -0.2) is 0 Å². The zero-order valence-electron chi connectivity index (χ0n) is 49.5. The van der Waals surface area contributed by atoms with E-state index >= 15 is 0 Å². The van der Waals surface area contributed by atoms with Crippen molar-refractivity contribution in [2.24, 2.45) is 0 Å². The molecule has 0 aliphatic heterocycles. The molecule has 6 heteroatoms. The summed E-state index contributed by atoms with van der Waals surface area (Å²) in [6.45, 7) is 6.45. The molecule has 0 aromatic heterocycles. The fourth-order valence-electron chi connectivity index (χ4n) is 8.49. The Hall–Kier alpha value is -4.19. The summed E-state index contributed by atoms with van der Waals surface area (Å²) in [6, 6.07) is 0. The van der Waals surface area contributed by atoms with Crippen molar-refractivity contribution in [3.8, 4) is 0 Å². The molecule has 76 heavy (non-hydrogen) atoms. The molecule has 0 spiro atoms. The zero-order valence-corrected chi connectivity index (χ0v) is 49.5. The molecule has 0 amide bonds. The van der Waals surface area contributed by atoms with Gasteiger partial charge in [-0.15, -0.1) is 0 Å². The van der Waals surface area contributed by atoms with Crippen molar-refractivity contribution in [1.82, 2.24) is 0 Å². The number of esters is 3. The van der Waals surface area contributed by atoms with E-state index in [9.17, 15) is 14.4 Å². The first-order valence-corrected chi connectivity index (χ1v) is 31.5. The number of allylic oxidation sites excluding steroid dienone is 20. The highest BCUT2D eigenvalue weighted by Gasteiger charge is 2.19. The van der Waals surface area contributed by atoms with Gasteiger partial charge in [-0.05, 0) is 116 Å². The first-order valence-electron chi connectivity index (χ1n) is 31.5. The van der Waals surface area contributed by atoms with Crippen molar-refractivity contribution in [2.45, 2.75) is 290 Å². The van der Waals surface area contributed by atoms with Gasteiger partial charge < -0.3 is 14.2 Å². The van der Waals surface area contributed by atoms with Crippen LogP contribution >= 0.6 is 0 Å². The summed E-state index contributed by atoms with van der Waals surface area (Å²) in [6.07, 6.45) is 88.1. The van der Waals surface area contributed by atoms with E-state index < -0.39 is 6.10 Å². The van der Waals surface area contributed by atoms with Crippen LogP contribution in [0.25, 0.3) is 0 Å². The summed E-state index contributed by atoms with van der Waals surface area (Å²) >= 11 is 0. The Bertz CT molecular complexity index is 1590. The number of unbranched alkanes of at least 4 members (excludes halogenated alkanes) is 25. The molecule has 0 aliphatic carbocycles. The van der Waals surface area contributed by atoms with Gasteiger partial charge in [0.05, 0.1) is 0 Å². The molecule has 1 atom stereocenters. The second kappa shape index (κ2) is 63.3. The average molecular weight is 1050 g/mol. The molecule has 0 heterocycles. The second-order valence-electron chi connectivity index (χ2n) is 20.6. The molecule has 0 N–H and O–H groups in total. The molecule has 432 valence electrons. The van der Waals surface area contributed by atoms with Gasteiger partial charge in [0.1, 0.15) is 13.2 Å². The predicted molar refractivity (Wildman–Crippen MR) is 330 cm³/mol. The Morgan fingerprint density at radius 1 is 0.276 bits per heavy atom. The standard InChI is InChI=1S/C70H116O6/c1-4-7-10-13-16-18-20-22-24-26-27-28-29-30-31-32-33-34-35-36-37-38-39-40-41-42-43-45-46-48-50-52-54-57-60-63-69(72)75-66-67(65-74-68(71)62-59-56-15-12-9-6-3)76-70(73)64-61-58-55-53-51-49-47-44-25-23-21-19-17-14-11-8-5-2/h7,10,16,18,22-25,27-28,30-31,33-34,36-37,39-40,42-43,67H,4-6,8-9,11-15,17,19-21,26,29,32,35,38,41,44-66H2,1-3H3/b10-7-,18-16-,24-22-,25-23-,28-27-,31-30-,34-33-,37-36-,40-39-,43-42-. The van der Waals surface area contributed by atoms with E-state index in [4.69, 9.17) is 14.2 Å². The maximum Gasteiger partial charge on any atom is 0.306 e. The lowest BCUT2D eigenvalue weighted by Gasteiger charge is -2.18. The van der Waals surface area contributed by atoms with Crippen LogP contribution in [0.4, 0.5) is 0 Å². The van der Waals surface area contributed by atoms with Gasteiger partial charge in [-0.3, -0.25) is 14.4 Å². The number of hydrogen-bond acceptors (Lipinski definition) is 6. The third kappa shape index (κ3) is 60.7. The van der Waals surface area contributed by atoms with E-state index in [0.29, 0.717) is 19.3 Å². The van der Waals surface area contributed by atoms with Crippen LogP contribution in [0.3, 0.4) is 0 Å². The average Bonchev–Trinajstić information content (AvgIpc) is 3.42. The summed E-state index contributed by atoms with van der Waals surface area (Å²) in [5.41, 5.74) is 0. The fourth-order valence-corrected chi connectivity index (χ4v) is 8.49. The Labute approximate surface area is 469 Å². The van der Waals surface area contributed by atoms with Crippen LogP contribution in [0.2, 0.25) is 0 Å². The maximum atomic E-state index is 12.8. The highest BCUT2D eigenvalue weighted by molar-refractivity contribution is 5.71. The minimum Gasteiger partial charge on any atom is -0.462 e. The Balaban J connectivity index is 4.11. The second-order valence-corrected chi connectivity index (χ2v) is 20.6. The molecule has 0 fully saturated rings. The lowest BCUT2D eigenvalue weighted by Crippen LogP contribution is -2.30. The van der Waals surface area contributed by atoms with Gasteiger partial charge >= 0.3 is 17.9 Å². The predicted octanol–water partition coefficient (Wildman–Crippen LogP) is 21.6. The van der Waals surface area contributed by atoms with E-state index in [1.165, 1.54) is 122 Å². The topological polar surface area (TPSA) is 78.9 Å². The summed E-state index contributed by atoms with van der Waals surface area (Å²) < 4.78 is 16.8. The molecule has 0 bridgehead atoms. The highest BCUT2D eigenvalue weighted by atomic mass is 16.6. The molecule has 1 unspecified atom stereocenters. The Kier molecular flexibility index (Phi) is 59.9. The van der Waals surface area contributed by atoms with E-state index in [1.807, 2.05) is 0 Å². The van der Waals surface area contributed by atoms with E-state index in [0.717, 1.165) is 122 Å². The minimum absolute atomic E-state index is 0.0834. The summed E-state index contributed by atoms with van der Waals surface area (Å²) in [4.78, 5) is 37.9. The monoisotopic (exact) mass is 1050 g/mol. The Morgan fingerprint density at radius 3 is 0.816 bits per heavy atom. The van der Waals surface area contributed by atoms with Gasteiger partial charge in [0.15, 0.2) is 6.10 Å². The molecule has 0 aromatic carbocycles. The number of carbonyl (C=O) groups excluding carboxylic acids is 3. The zero-order chi connectivity index (χ0) is 55.0. The molecule has 6 nitrogen and oxygen atoms in total. The van der Waals surface area contributed by atoms with Crippen LogP contribution in [0.5, 0.6) is 0 Å². The van der Waals surface area contributed by atoms with Crippen molar-refractivity contribution < 1.29 is 28.6 Å². The first-order chi connectivity index (χ1) is 37.5. The number of ether oxygens (including phenoxy) is 3. The number of hydrogen-bond donors (Lipinski definition) is 0. The molecular formula is C70H116O6. The van der Waals surface area contributed by atoms with Crippen molar-refractivity contribution >= 4 is 17.9 Å². The van der Waals surface area contributed by atoms with Crippen molar-refractivity contribution in [2.75, 3.05) is 13.2 Å². The van der Waals surface area contributed by atoms with Gasteiger partial charge in [0.2, 0.25) is 0 Å².